The molecule has 1 aliphatic rings. The Bertz CT molecular complexity index is 1210. The number of hydrogen-bond donors (Lipinski definition) is 2. The fraction of sp³-hybridized carbons (Fsp3) is 0.182. The van der Waals surface area contributed by atoms with E-state index in [2.05, 4.69) is 32.0 Å². The summed E-state index contributed by atoms with van der Waals surface area (Å²) in [6.45, 7) is 3.33. The molecule has 2 aromatic carbocycles. The fourth-order valence-electron chi connectivity index (χ4n) is 3.73. The number of pyridine rings is 1. The van der Waals surface area contributed by atoms with Crippen LogP contribution in [0, 0.1) is 0 Å². The molecule has 2 aromatic heterocycles. The van der Waals surface area contributed by atoms with Crippen LogP contribution in [0.5, 0.6) is 0 Å². The molecule has 0 aliphatic carbocycles. The number of ether oxygens (including phenoxy) is 1. The Labute approximate surface area is 161 Å². The lowest BCUT2D eigenvalue weighted by Crippen LogP contribution is -2.36. The SMILES string of the molecule is O=c1[nH]c2ccc3[nH]cccc3c2c1C=Nc1ccc(N2CCOCC2)cc1. The molecule has 1 aliphatic heterocycles. The van der Waals surface area contributed by atoms with Crippen LogP contribution in [0.15, 0.2) is 64.5 Å². The number of aliphatic imine (C=N–C) groups is 1. The molecule has 4 aromatic rings. The van der Waals surface area contributed by atoms with Crippen molar-refractivity contribution in [2.45, 2.75) is 0 Å². The minimum Gasteiger partial charge on any atom is -0.378 e. The van der Waals surface area contributed by atoms with Crippen LogP contribution in [0.1, 0.15) is 5.56 Å². The van der Waals surface area contributed by atoms with Crippen LogP contribution in [0.3, 0.4) is 0 Å². The van der Waals surface area contributed by atoms with Gasteiger partial charge in [0.2, 0.25) is 0 Å². The molecule has 28 heavy (non-hydrogen) atoms. The Morgan fingerprint density at radius 2 is 1.79 bits per heavy atom. The minimum atomic E-state index is -0.125. The summed E-state index contributed by atoms with van der Waals surface area (Å²) in [4.78, 5) is 25.5. The summed E-state index contributed by atoms with van der Waals surface area (Å²) in [5.74, 6) is 0. The molecular weight excluding hydrogens is 352 g/mol. The van der Waals surface area contributed by atoms with Gasteiger partial charge in [-0.15, -0.1) is 0 Å². The topological polar surface area (TPSA) is 73.5 Å². The first kappa shape index (κ1) is 16.8. The predicted octanol–water partition coefficient (Wildman–Crippen LogP) is 3.60. The molecular formula is C22H20N4O2. The maximum Gasteiger partial charge on any atom is 0.257 e. The highest BCUT2D eigenvalue weighted by molar-refractivity contribution is 6.13. The molecule has 0 bridgehead atoms. The Morgan fingerprint density at radius 3 is 2.61 bits per heavy atom. The first-order chi connectivity index (χ1) is 13.8. The van der Waals surface area contributed by atoms with E-state index in [4.69, 9.17) is 4.74 Å². The number of fused-ring (bicyclic) bond motifs is 3. The van der Waals surface area contributed by atoms with Gasteiger partial charge in [0.1, 0.15) is 0 Å². The van der Waals surface area contributed by atoms with Crippen molar-refractivity contribution in [3.8, 4) is 0 Å². The summed E-state index contributed by atoms with van der Waals surface area (Å²) in [6.07, 6.45) is 3.54. The first-order valence-electron chi connectivity index (χ1n) is 9.38. The van der Waals surface area contributed by atoms with Crippen LogP contribution in [0.2, 0.25) is 0 Å². The molecule has 0 atom stereocenters. The second-order valence-electron chi connectivity index (χ2n) is 6.86. The number of aromatic amines is 2. The van der Waals surface area contributed by atoms with Gasteiger partial charge in [-0.3, -0.25) is 9.79 Å². The number of hydrogen-bond acceptors (Lipinski definition) is 4. The largest absolute Gasteiger partial charge is 0.378 e. The molecule has 2 N–H and O–H groups in total. The summed E-state index contributed by atoms with van der Waals surface area (Å²) in [7, 11) is 0. The van der Waals surface area contributed by atoms with Crippen molar-refractivity contribution in [1.82, 2.24) is 9.97 Å². The number of aromatic nitrogens is 2. The van der Waals surface area contributed by atoms with E-state index < -0.39 is 0 Å². The van der Waals surface area contributed by atoms with Gasteiger partial charge >= 0.3 is 0 Å². The fourth-order valence-corrected chi connectivity index (χ4v) is 3.73. The van der Waals surface area contributed by atoms with Crippen molar-refractivity contribution in [3.05, 3.63) is 70.6 Å². The maximum atomic E-state index is 12.5. The lowest BCUT2D eigenvalue weighted by atomic mass is 10.1. The zero-order valence-corrected chi connectivity index (χ0v) is 15.3. The summed E-state index contributed by atoms with van der Waals surface area (Å²) in [5.41, 5.74) is 4.25. The first-order valence-corrected chi connectivity index (χ1v) is 9.38. The van der Waals surface area contributed by atoms with Crippen LogP contribution in [-0.4, -0.2) is 42.5 Å². The third kappa shape index (κ3) is 2.97. The van der Waals surface area contributed by atoms with Gasteiger partial charge in [-0.05, 0) is 42.5 Å². The molecule has 140 valence electrons. The van der Waals surface area contributed by atoms with Crippen molar-refractivity contribution >= 4 is 39.4 Å². The molecule has 0 amide bonds. The monoisotopic (exact) mass is 372 g/mol. The van der Waals surface area contributed by atoms with Crippen molar-refractivity contribution in [2.75, 3.05) is 31.2 Å². The second-order valence-corrected chi connectivity index (χ2v) is 6.86. The van der Waals surface area contributed by atoms with Crippen LogP contribution in [0.25, 0.3) is 21.8 Å². The molecule has 0 spiro atoms. The standard InChI is InChI=1S/C22H20N4O2/c27-22-18(21-17-2-1-9-23-19(17)7-8-20(21)25-22)14-24-15-3-5-16(6-4-15)26-10-12-28-13-11-26/h1-9,14,23H,10-13H2,(H,25,27). The van der Waals surface area contributed by atoms with Gasteiger partial charge < -0.3 is 19.6 Å². The smallest absolute Gasteiger partial charge is 0.257 e. The third-order valence-electron chi connectivity index (χ3n) is 5.17. The Hall–Kier alpha value is -3.38. The Morgan fingerprint density at radius 1 is 1.00 bits per heavy atom. The lowest BCUT2D eigenvalue weighted by Gasteiger charge is -2.28. The number of anilines is 1. The molecule has 0 radical (unpaired) electrons. The van der Waals surface area contributed by atoms with Crippen LogP contribution < -0.4 is 10.5 Å². The van der Waals surface area contributed by atoms with Gasteiger partial charge in [-0.25, -0.2) is 0 Å². The summed E-state index contributed by atoms with van der Waals surface area (Å²) in [5, 5.41) is 1.90. The molecule has 5 rings (SSSR count). The van der Waals surface area contributed by atoms with Gasteiger partial charge in [0, 0.05) is 53.0 Å². The number of nitrogens with zero attached hydrogens (tertiary/aromatic N) is 2. The van der Waals surface area contributed by atoms with E-state index in [-0.39, 0.29) is 5.56 Å². The van der Waals surface area contributed by atoms with E-state index in [9.17, 15) is 4.79 Å². The van der Waals surface area contributed by atoms with E-state index in [1.54, 1.807) is 6.21 Å². The molecule has 3 heterocycles. The van der Waals surface area contributed by atoms with Crippen molar-refractivity contribution in [2.24, 2.45) is 4.99 Å². The Balaban J connectivity index is 1.49. The van der Waals surface area contributed by atoms with Crippen LogP contribution >= 0.6 is 0 Å². The normalized spacial score (nSPS) is 15.1. The maximum absolute atomic E-state index is 12.5. The number of H-pyrrole nitrogens is 2. The minimum absolute atomic E-state index is 0.125. The van der Waals surface area contributed by atoms with Crippen molar-refractivity contribution < 1.29 is 4.74 Å². The van der Waals surface area contributed by atoms with E-state index in [1.165, 1.54) is 5.69 Å². The number of rotatable bonds is 3. The second kappa shape index (κ2) is 6.98. The average molecular weight is 372 g/mol. The van der Waals surface area contributed by atoms with Crippen LogP contribution in [0.4, 0.5) is 11.4 Å². The molecule has 1 saturated heterocycles. The molecule has 6 nitrogen and oxygen atoms in total. The summed E-state index contributed by atoms with van der Waals surface area (Å²) < 4.78 is 5.40. The van der Waals surface area contributed by atoms with Crippen molar-refractivity contribution in [3.63, 3.8) is 0 Å². The number of morpholine rings is 1. The molecule has 6 heteroatoms. The number of nitrogens with one attached hydrogen (secondary N) is 2. The van der Waals surface area contributed by atoms with Gasteiger partial charge in [0.25, 0.3) is 5.56 Å². The summed E-state index contributed by atoms with van der Waals surface area (Å²) >= 11 is 0. The molecule has 0 saturated carbocycles. The molecule has 1 fully saturated rings. The highest BCUT2D eigenvalue weighted by Crippen LogP contribution is 2.25. The molecule has 0 unspecified atom stereocenters. The zero-order chi connectivity index (χ0) is 18.9. The Kier molecular flexibility index (Phi) is 4.18. The van der Waals surface area contributed by atoms with Gasteiger partial charge in [-0.2, -0.15) is 0 Å². The van der Waals surface area contributed by atoms with E-state index in [0.717, 1.165) is 53.8 Å². The van der Waals surface area contributed by atoms with Gasteiger partial charge in [0.15, 0.2) is 0 Å². The summed E-state index contributed by atoms with van der Waals surface area (Å²) in [6, 6.07) is 15.9. The highest BCUT2D eigenvalue weighted by Gasteiger charge is 2.12. The quantitative estimate of drug-likeness (QED) is 0.540. The van der Waals surface area contributed by atoms with E-state index >= 15 is 0 Å². The van der Waals surface area contributed by atoms with Crippen molar-refractivity contribution in [1.29, 1.82) is 0 Å². The van der Waals surface area contributed by atoms with Gasteiger partial charge in [0.05, 0.1) is 24.5 Å². The highest BCUT2D eigenvalue weighted by atomic mass is 16.5. The van der Waals surface area contributed by atoms with E-state index in [0.29, 0.717) is 5.56 Å². The number of benzene rings is 2. The van der Waals surface area contributed by atoms with E-state index in [1.807, 2.05) is 42.6 Å². The lowest BCUT2D eigenvalue weighted by molar-refractivity contribution is 0.122. The zero-order valence-electron chi connectivity index (χ0n) is 15.3. The predicted molar refractivity (Wildman–Crippen MR) is 113 cm³/mol. The third-order valence-corrected chi connectivity index (χ3v) is 5.17. The average Bonchev–Trinajstić information content (AvgIpc) is 3.09. The van der Waals surface area contributed by atoms with Gasteiger partial charge in [-0.1, -0.05) is 6.07 Å². The van der Waals surface area contributed by atoms with Crippen LogP contribution in [-0.2, 0) is 4.74 Å².